The quantitative estimate of drug-likeness (QED) is 0.481. The molecule has 0 aliphatic carbocycles. The average molecular weight is 348 g/mol. The van der Waals surface area contributed by atoms with E-state index < -0.39 is 17.0 Å². The summed E-state index contributed by atoms with van der Waals surface area (Å²) in [6.45, 7) is 2.97. The second kappa shape index (κ2) is 6.56. The molecule has 1 aliphatic rings. The van der Waals surface area contributed by atoms with Crippen molar-refractivity contribution in [3.8, 4) is 0 Å². The molecular weight excluding hydrogens is 332 g/mol. The number of likely N-dealkylation sites (tertiary alicyclic amines) is 1. The molecule has 7 nitrogen and oxygen atoms in total. The van der Waals surface area contributed by atoms with Gasteiger partial charge in [-0.2, -0.15) is 0 Å². The number of amides is 1. The molecule has 3 rings (SSSR count). The van der Waals surface area contributed by atoms with Gasteiger partial charge in [-0.25, -0.2) is 4.79 Å². The average Bonchev–Trinajstić information content (AvgIpc) is 3.22. The number of carbonyl (C=O) groups is 2. The molecule has 2 heterocycles. The first-order chi connectivity index (χ1) is 11.5. The Morgan fingerprint density at radius 1 is 1.29 bits per heavy atom. The second-order valence-electron chi connectivity index (χ2n) is 5.67. The molecule has 126 valence electrons. The van der Waals surface area contributed by atoms with Gasteiger partial charge in [-0.1, -0.05) is 0 Å². The van der Waals surface area contributed by atoms with E-state index in [1.165, 1.54) is 23.5 Å². The lowest BCUT2D eigenvalue weighted by atomic mass is 10.2. The Morgan fingerprint density at radius 2 is 2.00 bits per heavy atom. The van der Waals surface area contributed by atoms with Gasteiger partial charge in [0, 0.05) is 35.3 Å². The summed E-state index contributed by atoms with van der Waals surface area (Å²) in [5, 5.41) is 11.4. The van der Waals surface area contributed by atoms with Crippen molar-refractivity contribution < 1.29 is 19.2 Å². The number of nitrogens with zero attached hydrogens (tertiary/aromatic N) is 2. The molecule has 1 aliphatic heterocycles. The maximum absolute atomic E-state index is 12.2. The van der Waals surface area contributed by atoms with Crippen molar-refractivity contribution in [1.82, 2.24) is 4.90 Å². The highest BCUT2D eigenvalue weighted by atomic mass is 32.1. The molecule has 0 saturated carbocycles. The third kappa shape index (κ3) is 3.23. The smallest absolute Gasteiger partial charge is 0.349 e. The molecule has 1 aromatic carbocycles. The number of nitro benzene ring substituents is 1. The van der Waals surface area contributed by atoms with Crippen molar-refractivity contribution in [1.29, 1.82) is 0 Å². The topological polar surface area (TPSA) is 89.7 Å². The van der Waals surface area contributed by atoms with Crippen LogP contribution in [-0.2, 0) is 9.53 Å². The van der Waals surface area contributed by atoms with E-state index in [1.807, 2.05) is 0 Å². The summed E-state index contributed by atoms with van der Waals surface area (Å²) in [4.78, 5) is 36.8. The summed E-state index contributed by atoms with van der Waals surface area (Å²) in [6, 6.07) is 5.98. The van der Waals surface area contributed by atoms with Crippen LogP contribution < -0.4 is 0 Å². The highest BCUT2D eigenvalue weighted by Crippen LogP contribution is 2.29. The van der Waals surface area contributed by atoms with Crippen molar-refractivity contribution in [3.63, 3.8) is 0 Å². The van der Waals surface area contributed by atoms with E-state index in [2.05, 4.69) is 0 Å². The van der Waals surface area contributed by atoms with Gasteiger partial charge in [0.2, 0.25) is 0 Å². The zero-order valence-corrected chi connectivity index (χ0v) is 13.9. The fourth-order valence-electron chi connectivity index (χ4n) is 2.71. The largest absolute Gasteiger partial charge is 0.448 e. The molecule has 1 atom stereocenters. The number of non-ortho nitro benzene ring substituents is 1. The van der Waals surface area contributed by atoms with Crippen LogP contribution in [0.15, 0.2) is 24.3 Å². The third-order valence-electron chi connectivity index (χ3n) is 3.96. The Kier molecular flexibility index (Phi) is 4.48. The SMILES string of the molecule is CC(OC(=O)c1cc2cc([N+](=O)[O-])ccc2s1)C(=O)N1CCCC1. The Hall–Kier alpha value is -2.48. The van der Waals surface area contributed by atoms with E-state index in [-0.39, 0.29) is 11.6 Å². The minimum atomic E-state index is -0.838. The van der Waals surface area contributed by atoms with E-state index >= 15 is 0 Å². The van der Waals surface area contributed by atoms with Crippen LogP contribution in [0.4, 0.5) is 5.69 Å². The van der Waals surface area contributed by atoms with Gasteiger partial charge < -0.3 is 9.64 Å². The number of ether oxygens (including phenoxy) is 1. The monoisotopic (exact) mass is 348 g/mol. The third-order valence-corrected chi connectivity index (χ3v) is 5.06. The molecular formula is C16H16N2O5S. The first-order valence-corrected chi connectivity index (χ1v) is 8.45. The molecule has 8 heteroatoms. The standard InChI is InChI=1S/C16H16N2O5S/c1-10(15(19)17-6-2-3-7-17)23-16(20)14-9-11-8-12(18(21)22)4-5-13(11)24-14/h4-5,8-10H,2-3,6-7H2,1H3. The zero-order chi connectivity index (χ0) is 17.3. The van der Waals surface area contributed by atoms with Gasteiger partial charge in [-0.3, -0.25) is 14.9 Å². The highest BCUT2D eigenvalue weighted by molar-refractivity contribution is 7.20. The molecule has 1 unspecified atom stereocenters. The maximum Gasteiger partial charge on any atom is 0.349 e. The fraction of sp³-hybridized carbons (Fsp3) is 0.375. The highest BCUT2D eigenvalue weighted by Gasteiger charge is 2.27. The van der Waals surface area contributed by atoms with Crippen LogP contribution in [0, 0.1) is 10.1 Å². The fourth-order valence-corrected chi connectivity index (χ4v) is 3.63. The molecule has 0 radical (unpaired) electrons. The van der Waals surface area contributed by atoms with Gasteiger partial charge in [-0.05, 0) is 31.9 Å². The van der Waals surface area contributed by atoms with Gasteiger partial charge in [0.25, 0.3) is 11.6 Å². The molecule has 2 aromatic rings. The van der Waals surface area contributed by atoms with Gasteiger partial charge in [0.05, 0.1) is 4.92 Å². The number of hydrogen-bond donors (Lipinski definition) is 0. The van der Waals surface area contributed by atoms with Crippen LogP contribution in [0.25, 0.3) is 10.1 Å². The van der Waals surface area contributed by atoms with Gasteiger partial charge in [-0.15, -0.1) is 11.3 Å². The van der Waals surface area contributed by atoms with E-state index in [1.54, 1.807) is 24.0 Å². The predicted molar refractivity (Wildman–Crippen MR) is 89.2 cm³/mol. The summed E-state index contributed by atoms with van der Waals surface area (Å²) in [7, 11) is 0. The van der Waals surface area contributed by atoms with E-state index in [0.29, 0.717) is 23.4 Å². The molecule has 1 amide bonds. The lowest BCUT2D eigenvalue weighted by molar-refractivity contribution is -0.384. The minimum Gasteiger partial charge on any atom is -0.448 e. The Morgan fingerprint density at radius 3 is 2.67 bits per heavy atom. The van der Waals surface area contributed by atoms with Crippen LogP contribution >= 0.6 is 11.3 Å². The van der Waals surface area contributed by atoms with E-state index in [0.717, 1.165) is 17.5 Å². The van der Waals surface area contributed by atoms with E-state index in [9.17, 15) is 19.7 Å². The normalized spacial score (nSPS) is 15.5. The number of hydrogen-bond acceptors (Lipinski definition) is 6. The maximum atomic E-state index is 12.2. The molecule has 1 aromatic heterocycles. The van der Waals surface area contributed by atoms with Crippen LogP contribution in [0.5, 0.6) is 0 Å². The van der Waals surface area contributed by atoms with Gasteiger partial charge in [0.1, 0.15) is 4.88 Å². The lowest BCUT2D eigenvalue weighted by Gasteiger charge is -2.20. The van der Waals surface area contributed by atoms with Crippen molar-refractivity contribution in [2.45, 2.75) is 25.9 Å². The van der Waals surface area contributed by atoms with Crippen LogP contribution in [0.1, 0.15) is 29.4 Å². The summed E-state index contributed by atoms with van der Waals surface area (Å²) in [5.41, 5.74) is -0.0298. The predicted octanol–water partition coefficient (Wildman–Crippen LogP) is 2.98. The number of esters is 1. The molecule has 0 bridgehead atoms. The number of carbonyl (C=O) groups excluding carboxylic acids is 2. The number of nitro groups is 1. The van der Waals surface area contributed by atoms with Crippen molar-refractivity contribution in [2.75, 3.05) is 13.1 Å². The summed E-state index contributed by atoms with van der Waals surface area (Å²) in [5.74, 6) is -0.767. The minimum absolute atomic E-state index is 0.0298. The second-order valence-corrected chi connectivity index (χ2v) is 6.75. The van der Waals surface area contributed by atoms with E-state index in [4.69, 9.17) is 4.74 Å². The van der Waals surface area contributed by atoms with Crippen LogP contribution in [0.3, 0.4) is 0 Å². The van der Waals surface area contributed by atoms with Crippen molar-refractivity contribution in [2.24, 2.45) is 0 Å². The van der Waals surface area contributed by atoms with Crippen LogP contribution in [0.2, 0.25) is 0 Å². The lowest BCUT2D eigenvalue weighted by Crippen LogP contribution is -2.38. The molecule has 0 spiro atoms. The van der Waals surface area contributed by atoms with Crippen LogP contribution in [-0.4, -0.2) is 40.9 Å². The Balaban J connectivity index is 1.73. The Labute approximate surface area is 142 Å². The van der Waals surface area contributed by atoms with Gasteiger partial charge in [0.15, 0.2) is 6.10 Å². The molecule has 1 fully saturated rings. The number of thiophene rings is 1. The molecule has 1 saturated heterocycles. The summed E-state index contributed by atoms with van der Waals surface area (Å²) < 4.78 is 6.02. The van der Waals surface area contributed by atoms with Crippen molar-refractivity contribution >= 4 is 39.0 Å². The van der Waals surface area contributed by atoms with Gasteiger partial charge >= 0.3 is 5.97 Å². The number of fused-ring (bicyclic) bond motifs is 1. The summed E-state index contributed by atoms with van der Waals surface area (Å²) >= 11 is 1.19. The Bertz CT molecular complexity index is 810. The number of rotatable bonds is 4. The number of benzene rings is 1. The zero-order valence-electron chi connectivity index (χ0n) is 13.1. The van der Waals surface area contributed by atoms with Crippen molar-refractivity contribution in [3.05, 3.63) is 39.3 Å². The summed E-state index contributed by atoms with van der Waals surface area (Å²) in [6.07, 6.45) is 1.11. The molecule has 0 N–H and O–H groups in total. The first-order valence-electron chi connectivity index (χ1n) is 7.63. The molecule has 24 heavy (non-hydrogen) atoms. The first kappa shape index (κ1) is 16.4.